The number of hydrogen-bond donors (Lipinski definition) is 0. The van der Waals surface area contributed by atoms with Crippen molar-refractivity contribution in [2.75, 3.05) is 55.1 Å². The van der Waals surface area contributed by atoms with E-state index >= 15 is 0 Å². The Kier molecular flexibility index (Phi) is 9.16. The van der Waals surface area contributed by atoms with Crippen LogP contribution in [0.15, 0.2) is 35.2 Å². The van der Waals surface area contributed by atoms with Gasteiger partial charge in [-0.25, -0.2) is 8.42 Å². The van der Waals surface area contributed by atoms with Gasteiger partial charge in [-0.05, 0) is 80.7 Å². The Labute approximate surface area is 215 Å². The number of likely N-dealkylation sites (N-methyl/N-ethyl adjacent to an activating group) is 3. The van der Waals surface area contributed by atoms with Gasteiger partial charge >= 0.3 is 0 Å². The number of methoxy groups -OCH3 is 1. The van der Waals surface area contributed by atoms with Crippen molar-refractivity contribution in [1.29, 1.82) is 0 Å². The minimum atomic E-state index is -3.70. The molecule has 0 fully saturated rings. The van der Waals surface area contributed by atoms with Crippen LogP contribution in [0.25, 0.3) is 0 Å². The van der Waals surface area contributed by atoms with Gasteiger partial charge in [0, 0.05) is 33.2 Å². The van der Waals surface area contributed by atoms with Crippen LogP contribution in [0.5, 0.6) is 5.75 Å². The molecule has 0 bridgehead atoms. The minimum Gasteiger partial charge on any atom is -0.497 e. The number of ether oxygens (including phenoxy) is 2. The molecule has 0 saturated carbocycles. The zero-order chi connectivity index (χ0) is 26.6. The van der Waals surface area contributed by atoms with E-state index in [4.69, 9.17) is 9.47 Å². The number of rotatable bonds is 11. The van der Waals surface area contributed by atoms with E-state index in [1.54, 1.807) is 45.0 Å². The third-order valence-electron chi connectivity index (χ3n) is 6.87. The fourth-order valence-electron chi connectivity index (χ4n) is 4.65. The highest BCUT2D eigenvalue weighted by atomic mass is 32.2. The molecule has 8 nitrogen and oxygen atoms in total. The Bertz CT molecular complexity index is 1170. The summed E-state index contributed by atoms with van der Waals surface area (Å²) in [6, 6.07) is 10.4. The maximum Gasteiger partial charge on any atom is 0.248 e. The lowest BCUT2D eigenvalue weighted by Crippen LogP contribution is -2.33. The van der Waals surface area contributed by atoms with Crippen molar-refractivity contribution in [1.82, 2.24) is 14.1 Å². The fourth-order valence-corrected chi connectivity index (χ4v) is 6.21. The smallest absolute Gasteiger partial charge is 0.248 e. The predicted octanol–water partition coefficient (Wildman–Crippen LogP) is 2.64. The summed E-state index contributed by atoms with van der Waals surface area (Å²) in [7, 11) is 5.35. The van der Waals surface area contributed by atoms with Gasteiger partial charge in [0.05, 0.1) is 18.6 Å². The summed E-state index contributed by atoms with van der Waals surface area (Å²) in [5.74, 6) is 0.476. The summed E-state index contributed by atoms with van der Waals surface area (Å²) >= 11 is 0. The molecule has 9 heteroatoms. The second-order valence-electron chi connectivity index (χ2n) is 9.85. The molecular formula is C27H39N3O5S. The van der Waals surface area contributed by atoms with Crippen LogP contribution in [0, 0.1) is 13.8 Å². The molecule has 2 aromatic rings. The Morgan fingerprint density at radius 2 is 1.64 bits per heavy atom. The fraction of sp³-hybridized carbons (Fsp3) is 0.519. The quantitative estimate of drug-likeness (QED) is 0.427. The topological polar surface area (TPSA) is 79.4 Å². The van der Waals surface area contributed by atoms with Crippen LogP contribution in [-0.2, 0) is 38.9 Å². The molecule has 1 atom stereocenters. The van der Waals surface area contributed by atoms with Crippen molar-refractivity contribution in [3.05, 3.63) is 58.1 Å². The van der Waals surface area contributed by atoms with Crippen molar-refractivity contribution in [2.24, 2.45) is 0 Å². The lowest BCUT2D eigenvalue weighted by atomic mass is 10.1. The van der Waals surface area contributed by atoms with Crippen molar-refractivity contribution >= 4 is 15.9 Å². The average Bonchev–Trinajstić information content (AvgIpc) is 3.24. The third kappa shape index (κ3) is 6.45. The number of benzene rings is 2. The monoisotopic (exact) mass is 517 g/mol. The van der Waals surface area contributed by atoms with Crippen LogP contribution in [-0.4, -0.2) is 89.5 Å². The van der Waals surface area contributed by atoms with E-state index in [2.05, 4.69) is 37.2 Å². The molecule has 0 spiro atoms. The molecule has 0 saturated heterocycles. The highest BCUT2D eigenvalue weighted by Gasteiger charge is 2.26. The number of hydrogen-bond acceptors (Lipinski definition) is 6. The first-order valence-electron chi connectivity index (χ1n) is 12.1. The predicted molar refractivity (Wildman–Crippen MR) is 141 cm³/mol. The number of fused-ring (bicyclic) bond motifs is 1. The number of carbonyl (C=O) groups is 1. The van der Waals surface area contributed by atoms with Gasteiger partial charge in [-0.15, -0.1) is 0 Å². The lowest BCUT2D eigenvalue weighted by molar-refractivity contribution is -0.135. The summed E-state index contributed by atoms with van der Waals surface area (Å²) in [4.78, 5) is 16.8. The summed E-state index contributed by atoms with van der Waals surface area (Å²) in [5.41, 5.74) is 5.09. The molecule has 36 heavy (non-hydrogen) atoms. The molecule has 198 valence electrons. The van der Waals surface area contributed by atoms with E-state index in [9.17, 15) is 13.2 Å². The van der Waals surface area contributed by atoms with Gasteiger partial charge in [-0.1, -0.05) is 18.2 Å². The van der Waals surface area contributed by atoms with Gasteiger partial charge in [-0.2, -0.15) is 4.31 Å². The molecule has 0 heterocycles. The zero-order valence-corrected chi connectivity index (χ0v) is 23.3. The van der Waals surface area contributed by atoms with Crippen LogP contribution in [0.3, 0.4) is 0 Å². The first kappa shape index (κ1) is 28.1. The zero-order valence-electron chi connectivity index (χ0n) is 22.5. The molecule has 0 radical (unpaired) electrons. The number of aryl methyl sites for hydroxylation is 2. The molecule has 2 aromatic carbocycles. The van der Waals surface area contributed by atoms with Gasteiger partial charge in [0.15, 0.2) is 0 Å². The molecule has 1 unspecified atom stereocenters. The molecule has 1 amide bonds. The average molecular weight is 518 g/mol. The van der Waals surface area contributed by atoms with Gasteiger partial charge in [0.1, 0.15) is 12.4 Å². The van der Waals surface area contributed by atoms with Crippen LogP contribution in [0.2, 0.25) is 0 Å². The number of carbonyl (C=O) groups excluding carboxylic acids is 1. The van der Waals surface area contributed by atoms with Crippen LogP contribution in [0.4, 0.5) is 0 Å². The molecular weight excluding hydrogens is 478 g/mol. The molecule has 0 N–H and O–H groups in total. The Hall–Kier alpha value is -2.46. The van der Waals surface area contributed by atoms with Gasteiger partial charge in [-0.3, -0.25) is 4.79 Å². The van der Waals surface area contributed by atoms with Crippen molar-refractivity contribution in [3.63, 3.8) is 0 Å². The normalized spacial score (nSPS) is 15.4. The SMILES string of the molecule is COc1cc(C)c(S(=O)(=O)N(C)CCOCC(=O)N(C)Cc2ccc3c(c2)CC(N(C)C)C3)c(C)c1. The van der Waals surface area contributed by atoms with Crippen LogP contribution >= 0.6 is 0 Å². The highest BCUT2D eigenvalue weighted by Crippen LogP contribution is 2.28. The molecule has 1 aliphatic carbocycles. The van der Waals surface area contributed by atoms with Gasteiger partial charge in [0.2, 0.25) is 15.9 Å². The summed E-state index contributed by atoms with van der Waals surface area (Å²) in [6.07, 6.45) is 2.09. The van der Waals surface area contributed by atoms with E-state index in [0.717, 1.165) is 18.4 Å². The number of nitrogens with zero attached hydrogens (tertiary/aromatic N) is 3. The van der Waals surface area contributed by atoms with Crippen LogP contribution < -0.4 is 4.74 Å². The lowest BCUT2D eigenvalue weighted by Gasteiger charge is -2.21. The second-order valence-corrected chi connectivity index (χ2v) is 11.8. The van der Waals surface area contributed by atoms with E-state index in [-0.39, 0.29) is 30.6 Å². The van der Waals surface area contributed by atoms with E-state index in [0.29, 0.717) is 29.5 Å². The maximum atomic E-state index is 13.1. The second kappa shape index (κ2) is 11.7. The van der Waals surface area contributed by atoms with E-state index in [1.165, 1.54) is 22.5 Å². The maximum absolute atomic E-state index is 13.1. The van der Waals surface area contributed by atoms with E-state index in [1.807, 2.05) is 0 Å². The van der Waals surface area contributed by atoms with Gasteiger partial charge < -0.3 is 19.3 Å². The first-order chi connectivity index (χ1) is 16.9. The molecule has 3 rings (SSSR count). The summed E-state index contributed by atoms with van der Waals surface area (Å²) < 4.78 is 38.2. The molecule has 1 aliphatic rings. The Balaban J connectivity index is 1.49. The summed E-state index contributed by atoms with van der Waals surface area (Å²) in [5, 5.41) is 0. The standard InChI is InChI=1S/C27H39N3O5S/c1-19-12-25(34-7)13-20(2)27(19)36(32,33)30(6)10-11-35-18-26(31)29(5)17-21-8-9-22-15-24(28(3)4)16-23(22)14-21/h8-9,12-14,24H,10-11,15-18H2,1-7H3. The number of sulfonamides is 1. The van der Waals surface area contributed by atoms with E-state index < -0.39 is 10.0 Å². The number of amides is 1. The molecule has 0 aromatic heterocycles. The van der Waals surface area contributed by atoms with Crippen molar-refractivity contribution in [3.8, 4) is 5.75 Å². The first-order valence-corrected chi connectivity index (χ1v) is 13.6. The van der Waals surface area contributed by atoms with Crippen LogP contribution in [0.1, 0.15) is 27.8 Å². The van der Waals surface area contributed by atoms with Crippen molar-refractivity contribution in [2.45, 2.75) is 44.2 Å². The third-order valence-corrected chi connectivity index (χ3v) is 9.03. The largest absolute Gasteiger partial charge is 0.497 e. The van der Waals surface area contributed by atoms with Gasteiger partial charge in [0.25, 0.3) is 0 Å². The molecule has 0 aliphatic heterocycles. The summed E-state index contributed by atoms with van der Waals surface area (Å²) in [6.45, 7) is 4.17. The Morgan fingerprint density at radius 1 is 1.00 bits per heavy atom. The van der Waals surface area contributed by atoms with Crippen molar-refractivity contribution < 1.29 is 22.7 Å². The highest BCUT2D eigenvalue weighted by molar-refractivity contribution is 7.89. The minimum absolute atomic E-state index is 0.0986. The Morgan fingerprint density at radius 3 is 2.25 bits per heavy atom.